The second-order valence-corrected chi connectivity index (χ2v) is 4.78. The van der Waals surface area contributed by atoms with Gasteiger partial charge in [0.25, 0.3) is 5.91 Å². The molecule has 1 aromatic carbocycles. The number of hydrogen-bond donors (Lipinski definition) is 2. The molecule has 23 heavy (non-hydrogen) atoms. The van der Waals surface area contributed by atoms with Gasteiger partial charge in [-0.15, -0.1) is 0 Å². The van der Waals surface area contributed by atoms with Crippen molar-refractivity contribution in [3.63, 3.8) is 0 Å². The first kappa shape index (κ1) is 16.6. The Kier molecular flexibility index (Phi) is 5.79. The Morgan fingerprint density at radius 1 is 1.26 bits per heavy atom. The summed E-state index contributed by atoms with van der Waals surface area (Å²) in [4.78, 5) is 34.6. The highest BCUT2D eigenvalue weighted by Gasteiger charge is 2.29. The number of carbonyl (C=O) groups is 3. The SMILES string of the molecule is CCCNC(=O)NC(=O)COC(=O)C1COc2ccccc2O1. The highest BCUT2D eigenvalue weighted by atomic mass is 16.6. The summed E-state index contributed by atoms with van der Waals surface area (Å²) in [6, 6.07) is 6.30. The zero-order valence-electron chi connectivity index (χ0n) is 12.7. The fourth-order valence-electron chi connectivity index (χ4n) is 1.81. The molecule has 0 saturated heterocycles. The van der Waals surface area contributed by atoms with Crippen LogP contribution in [0.5, 0.6) is 11.5 Å². The zero-order valence-corrected chi connectivity index (χ0v) is 12.7. The number of benzene rings is 1. The summed E-state index contributed by atoms with van der Waals surface area (Å²) in [6.45, 7) is 1.76. The Morgan fingerprint density at radius 2 is 2.00 bits per heavy atom. The van der Waals surface area contributed by atoms with Gasteiger partial charge in [0.05, 0.1) is 0 Å². The number of hydrogen-bond acceptors (Lipinski definition) is 6. The van der Waals surface area contributed by atoms with Crippen LogP contribution in [0.3, 0.4) is 0 Å². The Hall–Kier alpha value is -2.77. The molecule has 8 heteroatoms. The fourth-order valence-corrected chi connectivity index (χ4v) is 1.81. The maximum absolute atomic E-state index is 11.9. The van der Waals surface area contributed by atoms with Crippen LogP contribution in [0.4, 0.5) is 4.79 Å². The normalized spacial score (nSPS) is 15.4. The van der Waals surface area contributed by atoms with Crippen LogP contribution < -0.4 is 20.1 Å². The Morgan fingerprint density at radius 3 is 2.74 bits per heavy atom. The minimum absolute atomic E-state index is 0.00550. The van der Waals surface area contributed by atoms with Gasteiger partial charge in [0.2, 0.25) is 6.10 Å². The lowest BCUT2D eigenvalue weighted by Gasteiger charge is -2.24. The van der Waals surface area contributed by atoms with E-state index in [9.17, 15) is 14.4 Å². The molecule has 0 aliphatic carbocycles. The lowest BCUT2D eigenvalue weighted by Crippen LogP contribution is -2.43. The first-order valence-electron chi connectivity index (χ1n) is 7.23. The summed E-state index contributed by atoms with van der Waals surface area (Å²) in [5.41, 5.74) is 0. The van der Waals surface area contributed by atoms with Crippen LogP contribution in [-0.2, 0) is 14.3 Å². The number of esters is 1. The van der Waals surface area contributed by atoms with Gasteiger partial charge in [-0.05, 0) is 18.6 Å². The summed E-state index contributed by atoms with van der Waals surface area (Å²) < 4.78 is 15.7. The minimum atomic E-state index is -0.952. The number of carbonyl (C=O) groups excluding carboxylic acids is 3. The second kappa shape index (κ2) is 8.02. The van der Waals surface area contributed by atoms with E-state index < -0.39 is 30.6 Å². The van der Waals surface area contributed by atoms with Crippen LogP contribution in [0.25, 0.3) is 0 Å². The van der Waals surface area contributed by atoms with E-state index in [0.717, 1.165) is 6.42 Å². The van der Waals surface area contributed by atoms with E-state index in [-0.39, 0.29) is 6.61 Å². The summed E-state index contributed by atoms with van der Waals surface area (Å²) in [5.74, 6) is -0.473. The molecule has 0 fully saturated rings. The molecule has 124 valence electrons. The van der Waals surface area contributed by atoms with Gasteiger partial charge in [0, 0.05) is 6.54 Å². The summed E-state index contributed by atoms with van der Waals surface area (Å²) >= 11 is 0. The quantitative estimate of drug-likeness (QED) is 0.770. The number of imide groups is 1. The third-order valence-electron chi connectivity index (χ3n) is 2.91. The fraction of sp³-hybridized carbons (Fsp3) is 0.400. The molecule has 3 amide bonds. The lowest BCUT2D eigenvalue weighted by atomic mass is 10.2. The van der Waals surface area contributed by atoms with Crippen molar-refractivity contribution in [3.05, 3.63) is 24.3 Å². The van der Waals surface area contributed by atoms with E-state index in [1.165, 1.54) is 0 Å². The highest BCUT2D eigenvalue weighted by Crippen LogP contribution is 2.30. The van der Waals surface area contributed by atoms with Gasteiger partial charge in [0.1, 0.15) is 6.61 Å². The lowest BCUT2D eigenvalue weighted by molar-refractivity contribution is -0.157. The van der Waals surface area contributed by atoms with Crippen molar-refractivity contribution in [1.82, 2.24) is 10.6 Å². The monoisotopic (exact) mass is 322 g/mol. The van der Waals surface area contributed by atoms with Crippen molar-refractivity contribution in [3.8, 4) is 11.5 Å². The van der Waals surface area contributed by atoms with E-state index in [4.69, 9.17) is 14.2 Å². The first-order chi connectivity index (χ1) is 11.1. The van der Waals surface area contributed by atoms with Crippen molar-refractivity contribution < 1.29 is 28.6 Å². The first-order valence-corrected chi connectivity index (χ1v) is 7.23. The van der Waals surface area contributed by atoms with Crippen LogP contribution in [0.15, 0.2) is 24.3 Å². The van der Waals surface area contributed by atoms with E-state index in [0.29, 0.717) is 18.0 Å². The molecule has 2 rings (SSSR count). The van der Waals surface area contributed by atoms with Gasteiger partial charge in [0.15, 0.2) is 18.1 Å². The minimum Gasteiger partial charge on any atom is -0.485 e. The third kappa shape index (κ3) is 4.87. The van der Waals surface area contributed by atoms with Gasteiger partial charge < -0.3 is 19.5 Å². The van der Waals surface area contributed by atoms with Gasteiger partial charge in [-0.2, -0.15) is 0 Å². The average molecular weight is 322 g/mol. The number of amides is 3. The molecular formula is C15H18N2O6. The molecule has 2 N–H and O–H groups in total. The zero-order chi connectivity index (χ0) is 16.7. The molecule has 0 aromatic heterocycles. The van der Waals surface area contributed by atoms with Crippen LogP contribution in [0, 0.1) is 0 Å². The van der Waals surface area contributed by atoms with Gasteiger partial charge in [-0.1, -0.05) is 19.1 Å². The number of para-hydroxylation sites is 2. The Balaban J connectivity index is 1.75. The third-order valence-corrected chi connectivity index (χ3v) is 2.91. The van der Waals surface area contributed by atoms with Crippen LogP contribution in [0.2, 0.25) is 0 Å². The van der Waals surface area contributed by atoms with Gasteiger partial charge in [-0.3, -0.25) is 10.1 Å². The van der Waals surface area contributed by atoms with E-state index in [2.05, 4.69) is 10.6 Å². The second-order valence-electron chi connectivity index (χ2n) is 4.78. The molecule has 1 aliphatic rings. The van der Waals surface area contributed by atoms with E-state index >= 15 is 0 Å². The number of urea groups is 1. The molecule has 1 aliphatic heterocycles. The predicted molar refractivity (Wildman–Crippen MR) is 79.1 cm³/mol. The molecule has 8 nitrogen and oxygen atoms in total. The van der Waals surface area contributed by atoms with E-state index in [1.54, 1.807) is 24.3 Å². The molecule has 0 spiro atoms. The smallest absolute Gasteiger partial charge is 0.351 e. The molecule has 0 saturated carbocycles. The molecule has 1 unspecified atom stereocenters. The predicted octanol–water partition coefficient (Wildman–Crippen LogP) is 0.605. The number of nitrogens with one attached hydrogen (secondary N) is 2. The highest BCUT2D eigenvalue weighted by molar-refractivity contribution is 5.95. The van der Waals surface area contributed by atoms with E-state index in [1.807, 2.05) is 6.92 Å². The van der Waals surface area contributed by atoms with Crippen molar-refractivity contribution in [1.29, 1.82) is 0 Å². The Bertz CT molecular complexity index is 589. The number of fused-ring (bicyclic) bond motifs is 1. The van der Waals surface area contributed by atoms with Crippen molar-refractivity contribution in [2.75, 3.05) is 19.8 Å². The molecule has 0 radical (unpaired) electrons. The number of rotatable bonds is 5. The average Bonchev–Trinajstić information content (AvgIpc) is 2.57. The molecule has 0 bridgehead atoms. The molecule has 1 aromatic rings. The Labute approximate surface area is 133 Å². The van der Waals surface area contributed by atoms with Crippen LogP contribution in [0.1, 0.15) is 13.3 Å². The molecule has 1 heterocycles. The maximum atomic E-state index is 11.9. The van der Waals surface area contributed by atoms with Crippen LogP contribution >= 0.6 is 0 Å². The van der Waals surface area contributed by atoms with Gasteiger partial charge in [-0.25, -0.2) is 9.59 Å². The topological polar surface area (TPSA) is 103 Å². The largest absolute Gasteiger partial charge is 0.485 e. The van der Waals surface area contributed by atoms with Crippen molar-refractivity contribution >= 4 is 17.9 Å². The summed E-state index contributed by atoms with van der Waals surface area (Å²) in [6.07, 6.45) is -0.205. The summed E-state index contributed by atoms with van der Waals surface area (Å²) in [5, 5.41) is 4.52. The van der Waals surface area contributed by atoms with Crippen LogP contribution in [-0.4, -0.2) is 43.8 Å². The summed E-state index contributed by atoms with van der Waals surface area (Å²) in [7, 11) is 0. The standard InChI is InChI=1S/C15H18N2O6/c1-2-7-16-15(20)17-13(18)9-22-14(19)12-8-21-10-5-3-4-6-11(10)23-12/h3-6,12H,2,7-9H2,1H3,(H2,16,17,18,20). The van der Waals surface area contributed by atoms with Crippen molar-refractivity contribution in [2.45, 2.75) is 19.4 Å². The van der Waals surface area contributed by atoms with Crippen molar-refractivity contribution in [2.24, 2.45) is 0 Å². The van der Waals surface area contributed by atoms with Gasteiger partial charge >= 0.3 is 12.0 Å². The maximum Gasteiger partial charge on any atom is 0.351 e. The molecular weight excluding hydrogens is 304 g/mol. The molecule has 1 atom stereocenters. The number of ether oxygens (including phenoxy) is 3.